The predicted octanol–water partition coefficient (Wildman–Crippen LogP) is 4.34. The van der Waals surface area contributed by atoms with Crippen LogP contribution in [0.5, 0.6) is 0 Å². The summed E-state index contributed by atoms with van der Waals surface area (Å²) in [6.07, 6.45) is 1.76. The first-order valence-corrected chi connectivity index (χ1v) is 5.95. The fraction of sp³-hybridized carbons (Fsp3) is 0.267. The highest BCUT2D eigenvalue weighted by Gasteiger charge is 2.17. The molecule has 0 fully saturated rings. The molecule has 1 heterocycles. The quantitative estimate of drug-likeness (QED) is 0.868. The third kappa shape index (κ3) is 2.86. The average Bonchev–Trinajstić information content (AvgIpc) is 2.32. The molecule has 2 aromatic rings. The van der Waals surface area contributed by atoms with Gasteiger partial charge in [-0.25, -0.2) is 4.39 Å². The number of nitrogens with one attached hydrogen (secondary N) is 1. The summed E-state index contributed by atoms with van der Waals surface area (Å²) in [7, 11) is 0. The monoisotopic (exact) mass is 244 g/mol. The molecule has 2 nitrogen and oxygen atoms in total. The summed E-state index contributed by atoms with van der Waals surface area (Å²) in [6, 6.07) is 11.2. The maximum absolute atomic E-state index is 13.7. The normalized spacial score (nSPS) is 11.3. The first-order valence-electron chi connectivity index (χ1n) is 5.95. The highest BCUT2D eigenvalue weighted by molar-refractivity contribution is 5.61. The van der Waals surface area contributed by atoms with Gasteiger partial charge in [0.1, 0.15) is 5.67 Å². The average molecular weight is 244 g/mol. The van der Waals surface area contributed by atoms with Crippen LogP contribution < -0.4 is 5.32 Å². The van der Waals surface area contributed by atoms with Gasteiger partial charge in [0.25, 0.3) is 0 Å². The molecule has 0 aliphatic rings. The molecule has 0 radical (unpaired) electrons. The smallest absolute Gasteiger partial charge is 0.130 e. The van der Waals surface area contributed by atoms with E-state index < -0.39 is 5.67 Å². The van der Waals surface area contributed by atoms with E-state index in [4.69, 9.17) is 0 Å². The lowest BCUT2D eigenvalue weighted by atomic mass is 10.0. The third-order valence-electron chi connectivity index (χ3n) is 2.86. The molecule has 18 heavy (non-hydrogen) atoms. The number of hydrogen-bond donors (Lipinski definition) is 1. The number of aromatic nitrogens is 1. The molecule has 94 valence electrons. The fourth-order valence-corrected chi connectivity index (χ4v) is 1.72. The maximum Gasteiger partial charge on any atom is 0.130 e. The van der Waals surface area contributed by atoms with Crippen LogP contribution in [-0.4, -0.2) is 4.98 Å². The van der Waals surface area contributed by atoms with Crippen molar-refractivity contribution in [2.75, 3.05) is 5.32 Å². The van der Waals surface area contributed by atoms with Gasteiger partial charge in [0, 0.05) is 11.9 Å². The van der Waals surface area contributed by atoms with E-state index in [1.165, 1.54) is 0 Å². The van der Waals surface area contributed by atoms with Crippen LogP contribution in [0.15, 0.2) is 42.6 Å². The molecule has 0 amide bonds. The molecular formula is C15H17FN2. The van der Waals surface area contributed by atoms with Crippen molar-refractivity contribution in [1.29, 1.82) is 0 Å². The predicted molar refractivity (Wildman–Crippen MR) is 72.8 cm³/mol. The number of hydrogen-bond acceptors (Lipinski definition) is 2. The summed E-state index contributed by atoms with van der Waals surface area (Å²) >= 11 is 0. The number of rotatable bonds is 3. The zero-order valence-corrected chi connectivity index (χ0v) is 10.9. The van der Waals surface area contributed by atoms with E-state index in [-0.39, 0.29) is 0 Å². The summed E-state index contributed by atoms with van der Waals surface area (Å²) in [5.74, 6) is 0. The molecule has 0 saturated carbocycles. The Morgan fingerprint density at radius 1 is 1.11 bits per heavy atom. The van der Waals surface area contributed by atoms with E-state index in [9.17, 15) is 4.39 Å². The first-order chi connectivity index (χ1) is 8.47. The molecule has 0 bridgehead atoms. The summed E-state index contributed by atoms with van der Waals surface area (Å²) in [4.78, 5) is 4.21. The SMILES string of the molecule is Cc1ncccc1Nc1ccc(C(C)(C)F)cc1. The van der Waals surface area contributed by atoms with E-state index in [1.54, 1.807) is 32.2 Å². The van der Waals surface area contributed by atoms with Crippen molar-refractivity contribution in [2.24, 2.45) is 0 Å². The second-order valence-corrected chi connectivity index (χ2v) is 4.81. The van der Waals surface area contributed by atoms with Crippen LogP contribution in [0.25, 0.3) is 0 Å². The van der Waals surface area contributed by atoms with Gasteiger partial charge in [0.15, 0.2) is 0 Å². The number of aryl methyl sites for hydroxylation is 1. The number of benzene rings is 1. The minimum atomic E-state index is -1.30. The van der Waals surface area contributed by atoms with Crippen molar-refractivity contribution in [3.63, 3.8) is 0 Å². The zero-order chi connectivity index (χ0) is 13.2. The molecule has 1 aromatic heterocycles. The summed E-state index contributed by atoms with van der Waals surface area (Å²) in [5, 5.41) is 3.27. The lowest BCUT2D eigenvalue weighted by Crippen LogP contribution is -2.08. The topological polar surface area (TPSA) is 24.9 Å². The van der Waals surface area contributed by atoms with Gasteiger partial charge in [0.05, 0.1) is 11.4 Å². The highest BCUT2D eigenvalue weighted by atomic mass is 19.1. The van der Waals surface area contributed by atoms with Crippen molar-refractivity contribution >= 4 is 11.4 Å². The molecule has 0 aliphatic carbocycles. The second kappa shape index (κ2) is 4.77. The van der Waals surface area contributed by atoms with Crippen LogP contribution in [-0.2, 0) is 5.67 Å². The van der Waals surface area contributed by atoms with Gasteiger partial charge >= 0.3 is 0 Å². The molecule has 0 spiro atoms. The summed E-state index contributed by atoms with van der Waals surface area (Å²) < 4.78 is 13.7. The Morgan fingerprint density at radius 3 is 2.33 bits per heavy atom. The number of alkyl halides is 1. The third-order valence-corrected chi connectivity index (χ3v) is 2.86. The molecule has 3 heteroatoms. The molecule has 0 unspecified atom stereocenters. The number of halogens is 1. The van der Waals surface area contributed by atoms with Gasteiger partial charge < -0.3 is 5.32 Å². The largest absolute Gasteiger partial charge is 0.354 e. The Hall–Kier alpha value is -1.90. The number of anilines is 2. The van der Waals surface area contributed by atoms with E-state index in [0.29, 0.717) is 5.56 Å². The van der Waals surface area contributed by atoms with Crippen LogP contribution in [0.2, 0.25) is 0 Å². The van der Waals surface area contributed by atoms with Gasteiger partial charge in [-0.05, 0) is 50.6 Å². The minimum absolute atomic E-state index is 0.677. The molecule has 0 aliphatic heterocycles. The van der Waals surface area contributed by atoms with Crippen molar-refractivity contribution < 1.29 is 4.39 Å². The van der Waals surface area contributed by atoms with Crippen LogP contribution in [0.4, 0.5) is 15.8 Å². The second-order valence-electron chi connectivity index (χ2n) is 4.81. The van der Waals surface area contributed by atoms with Crippen molar-refractivity contribution in [3.05, 3.63) is 53.9 Å². The first kappa shape index (κ1) is 12.6. The Kier molecular flexibility index (Phi) is 3.32. The molecule has 2 rings (SSSR count). The van der Waals surface area contributed by atoms with Gasteiger partial charge in [-0.3, -0.25) is 4.98 Å². The highest BCUT2D eigenvalue weighted by Crippen LogP contribution is 2.26. The standard InChI is InChI=1S/C15H17FN2/c1-11-14(5-4-10-17-11)18-13-8-6-12(7-9-13)15(2,3)16/h4-10,18H,1-3H3. The van der Waals surface area contributed by atoms with Crippen molar-refractivity contribution in [2.45, 2.75) is 26.4 Å². The zero-order valence-electron chi connectivity index (χ0n) is 10.9. The Labute approximate surface area is 107 Å². The van der Waals surface area contributed by atoms with E-state index >= 15 is 0 Å². The number of nitrogens with zero attached hydrogens (tertiary/aromatic N) is 1. The Bertz CT molecular complexity index is 527. The molecular weight excluding hydrogens is 227 g/mol. The molecule has 0 atom stereocenters. The number of pyridine rings is 1. The molecule has 0 saturated heterocycles. The minimum Gasteiger partial charge on any atom is -0.354 e. The van der Waals surface area contributed by atoms with Crippen LogP contribution >= 0.6 is 0 Å². The van der Waals surface area contributed by atoms with Crippen molar-refractivity contribution in [1.82, 2.24) is 4.98 Å². The summed E-state index contributed by atoms with van der Waals surface area (Å²) in [5.41, 5.74) is 2.20. The van der Waals surface area contributed by atoms with E-state index in [1.807, 2.05) is 31.2 Å². The maximum atomic E-state index is 13.7. The van der Waals surface area contributed by atoms with Gasteiger partial charge in [-0.2, -0.15) is 0 Å². The lowest BCUT2D eigenvalue weighted by molar-refractivity contribution is 0.221. The molecule has 1 aromatic carbocycles. The van der Waals surface area contributed by atoms with Gasteiger partial charge in [-0.1, -0.05) is 12.1 Å². The Balaban J connectivity index is 2.19. The fourth-order valence-electron chi connectivity index (χ4n) is 1.72. The van der Waals surface area contributed by atoms with Crippen LogP contribution in [0.1, 0.15) is 25.1 Å². The van der Waals surface area contributed by atoms with Crippen LogP contribution in [0.3, 0.4) is 0 Å². The van der Waals surface area contributed by atoms with Gasteiger partial charge in [0.2, 0.25) is 0 Å². The molecule has 1 N–H and O–H groups in total. The lowest BCUT2D eigenvalue weighted by Gasteiger charge is -2.15. The van der Waals surface area contributed by atoms with Gasteiger partial charge in [-0.15, -0.1) is 0 Å². The van der Waals surface area contributed by atoms with E-state index in [0.717, 1.165) is 17.1 Å². The van der Waals surface area contributed by atoms with Crippen molar-refractivity contribution in [3.8, 4) is 0 Å². The summed E-state index contributed by atoms with van der Waals surface area (Å²) in [6.45, 7) is 5.06. The van der Waals surface area contributed by atoms with E-state index in [2.05, 4.69) is 10.3 Å². The Morgan fingerprint density at radius 2 is 1.78 bits per heavy atom. The van der Waals surface area contributed by atoms with Crippen LogP contribution in [0, 0.1) is 6.92 Å².